The minimum atomic E-state index is -2.53. The summed E-state index contributed by atoms with van der Waals surface area (Å²) in [5.74, 6) is -0.993. The fourth-order valence-electron chi connectivity index (χ4n) is 4.29. The van der Waals surface area contributed by atoms with Gasteiger partial charge in [0.05, 0.1) is 17.5 Å². The number of aromatic nitrogens is 2. The summed E-state index contributed by atoms with van der Waals surface area (Å²) in [6.45, 7) is 4.12. The van der Waals surface area contributed by atoms with Crippen molar-refractivity contribution in [3.05, 3.63) is 106 Å². The Balaban J connectivity index is 1.95. The lowest BCUT2D eigenvalue weighted by Crippen LogP contribution is -1.99. The van der Waals surface area contributed by atoms with Crippen LogP contribution < -0.4 is 0 Å². The first-order valence-corrected chi connectivity index (χ1v) is 12.6. The molecular formula is C28H26N2O4S. The number of nitrogens with zero attached hydrogens (tertiary/aromatic N) is 1. The molecule has 0 aliphatic rings. The van der Waals surface area contributed by atoms with Crippen molar-refractivity contribution >= 4 is 44.8 Å². The molecule has 0 aliphatic heterocycles. The van der Waals surface area contributed by atoms with E-state index in [0.717, 1.165) is 67.9 Å². The molecule has 4 aromatic rings. The van der Waals surface area contributed by atoms with Gasteiger partial charge in [0.15, 0.2) is 0 Å². The number of benzene rings is 3. The summed E-state index contributed by atoms with van der Waals surface area (Å²) in [5, 5.41) is 17.0. The molecule has 0 bridgehead atoms. The number of H-pyrrole nitrogens is 1. The van der Waals surface area contributed by atoms with Gasteiger partial charge in [-0.05, 0) is 76.1 Å². The Bertz CT molecular complexity index is 1520. The van der Waals surface area contributed by atoms with Crippen LogP contribution in [-0.2, 0) is 21.3 Å². The van der Waals surface area contributed by atoms with Crippen LogP contribution in [0.3, 0.4) is 0 Å². The third-order valence-electron chi connectivity index (χ3n) is 5.94. The van der Waals surface area contributed by atoms with Crippen LogP contribution in [-0.4, -0.2) is 29.7 Å². The van der Waals surface area contributed by atoms with Crippen LogP contribution in [0.1, 0.15) is 46.7 Å². The van der Waals surface area contributed by atoms with Gasteiger partial charge in [-0.1, -0.05) is 55.5 Å². The van der Waals surface area contributed by atoms with Crippen molar-refractivity contribution in [3.63, 3.8) is 0 Å². The first-order chi connectivity index (χ1) is 16.9. The smallest absolute Gasteiger partial charge is 0.328 e. The van der Waals surface area contributed by atoms with Crippen LogP contribution in [0.5, 0.6) is 0 Å². The number of fused-ring (bicyclic) bond motifs is 1. The lowest BCUT2D eigenvalue weighted by molar-refractivity contribution is -0.131. The predicted octanol–water partition coefficient (Wildman–Crippen LogP) is 5.45. The molecule has 0 radical (unpaired) electrons. The van der Waals surface area contributed by atoms with E-state index in [2.05, 4.69) is 29.3 Å². The van der Waals surface area contributed by atoms with E-state index in [9.17, 15) is 13.2 Å². The Labute approximate surface area is 205 Å². The number of carboxylic acids is 1. The summed E-state index contributed by atoms with van der Waals surface area (Å²) in [6.07, 6.45) is 5.20. The standard InChI is InChI=1S/C28H26N2O4S/c1-3-24(25-14-20(17-35(33)34)5-4-18(25)2)28(22-11-12-26-23(15-22)16-29-30-26)21-9-6-19(7-10-21)8-13-27(31)32/h4-16,35H,3,17H2,1-2H3,(H,29,30)(H,31,32)/b13-8+,28-24+. The summed E-state index contributed by atoms with van der Waals surface area (Å²) in [7, 11) is -2.53. The van der Waals surface area contributed by atoms with Gasteiger partial charge in [-0.15, -0.1) is 0 Å². The maximum atomic E-state index is 11.4. The normalized spacial score (nSPS) is 12.4. The molecule has 0 fully saturated rings. The van der Waals surface area contributed by atoms with E-state index in [1.54, 1.807) is 12.3 Å². The first-order valence-electron chi connectivity index (χ1n) is 11.3. The van der Waals surface area contributed by atoms with Crippen molar-refractivity contribution in [3.8, 4) is 0 Å². The van der Waals surface area contributed by atoms with Gasteiger partial charge in [-0.2, -0.15) is 5.10 Å². The fourth-order valence-corrected chi connectivity index (χ4v) is 4.78. The Morgan fingerprint density at radius 3 is 2.46 bits per heavy atom. The largest absolute Gasteiger partial charge is 0.478 e. The number of carbonyl (C=O) groups is 1. The number of rotatable bonds is 8. The zero-order valence-electron chi connectivity index (χ0n) is 19.5. The first kappa shape index (κ1) is 24.2. The molecule has 0 atom stereocenters. The predicted molar refractivity (Wildman–Crippen MR) is 141 cm³/mol. The van der Waals surface area contributed by atoms with Crippen LogP contribution in [0.15, 0.2) is 72.9 Å². The number of allylic oxidation sites excluding steroid dienone is 1. The Morgan fingerprint density at radius 2 is 1.77 bits per heavy atom. The van der Waals surface area contributed by atoms with Gasteiger partial charge in [0.25, 0.3) is 0 Å². The zero-order chi connectivity index (χ0) is 24.9. The van der Waals surface area contributed by atoms with Gasteiger partial charge in [-0.3, -0.25) is 5.10 Å². The summed E-state index contributed by atoms with van der Waals surface area (Å²) < 4.78 is 22.8. The van der Waals surface area contributed by atoms with Crippen molar-refractivity contribution in [2.24, 2.45) is 0 Å². The number of thiol groups is 1. The Morgan fingerprint density at radius 1 is 1.03 bits per heavy atom. The molecule has 0 unspecified atom stereocenters. The van der Waals surface area contributed by atoms with E-state index >= 15 is 0 Å². The topological polar surface area (TPSA) is 100 Å². The highest BCUT2D eigenvalue weighted by atomic mass is 32.2. The average Bonchev–Trinajstić information content (AvgIpc) is 3.31. The molecular weight excluding hydrogens is 460 g/mol. The SMILES string of the molecule is CC/C(=C(/c1ccc(/C=C/C(=O)O)cc1)c1ccc2[nH]ncc2c1)c1cc(C[SH](=O)=O)ccc1C. The van der Waals surface area contributed by atoms with E-state index < -0.39 is 16.7 Å². The molecule has 7 heteroatoms. The van der Waals surface area contributed by atoms with Gasteiger partial charge < -0.3 is 5.11 Å². The second-order valence-corrected chi connectivity index (χ2v) is 9.29. The molecule has 6 nitrogen and oxygen atoms in total. The molecule has 0 saturated carbocycles. The lowest BCUT2D eigenvalue weighted by Gasteiger charge is -2.19. The van der Waals surface area contributed by atoms with Gasteiger partial charge in [0.1, 0.15) is 10.7 Å². The zero-order valence-corrected chi connectivity index (χ0v) is 20.4. The minimum absolute atomic E-state index is 0.000524. The van der Waals surface area contributed by atoms with Crippen LogP contribution in [0.25, 0.3) is 28.1 Å². The molecule has 0 amide bonds. The monoisotopic (exact) mass is 486 g/mol. The maximum absolute atomic E-state index is 11.4. The number of aryl methyl sites for hydroxylation is 1. The average molecular weight is 487 g/mol. The molecule has 1 aromatic heterocycles. The molecule has 3 aromatic carbocycles. The summed E-state index contributed by atoms with van der Waals surface area (Å²) in [6, 6.07) is 19.7. The van der Waals surface area contributed by atoms with Crippen molar-refractivity contribution in [1.29, 1.82) is 0 Å². The second-order valence-electron chi connectivity index (χ2n) is 8.31. The lowest BCUT2D eigenvalue weighted by atomic mass is 9.85. The maximum Gasteiger partial charge on any atom is 0.328 e. The molecule has 0 saturated heterocycles. The van der Waals surface area contributed by atoms with Crippen LogP contribution in [0, 0.1) is 6.92 Å². The van der Waals surface area contributed by atoms with Gasteiger partial charge in [0, 0.05) is 11.5 Å². The molecule has 178 valence electrons. The van der Waals surface area contributed by atoms with Crippen molar-refractivity contribution in [2.45, 2.75) is 26.0 Å². The summed E-state index contributed by atoms with van der Waals surface area (Å²) in [5.41, 5.74) is 8.70. The Hall–Kier alpha value is -3.97. The number of aromatic amines is 1. The van der Waals surface area contributed by atoms with Crippen molar-refractivity contribution < 1.29 is 18.3 Å². The quantitative estimate of drug-likeness (QED) is 0.175. The van der Waals surface area contributed by atoms with E-state index in [1.165, 1.54) is 0 Å². The third-order valence-corrected chi connectivity index (χ3v) is 6.56. The van der Waals surface area contributed by atoms with E-state index in [-0.39, 0.29) is 5.75 Å². The highest BCUT2D eigenvalue weighted by Crippen LogP contribution is 2.37. The molecule has 0 aliphatic carbocycles. The van der Waals surface area contributed by atoms with Crippen LogP contribution in [0.2, 0.25) is 0 Å². The van der Waals surface area contributed by atoms with Gasteiger partial charge in [0.2, 0.25) is 0 Å². The number of nitrogens with one attached hydrogen (secondary N) is 1. The summed E-state index contributed by atoms with van der Waals surface area (Å²) >= 11 is 0. The van der Waals surface area contributed by atoms with E-state index in [4.69, 9.17) is 5.11 Å². The molecule has 1 heterocycles. The number of hydrogen-bond acceptors (Lipinski definition) is 4. The van der Waals surface area contributed by atoms with Gasteiger partial charge >= 0.3 is 5.97 Å². The Kier molecular flexibility index (Phi) is 7.27. The van der Waals surface area contributed by atoms with Gasteiger partial charge in [-0.25, -0.2) is 13.2 Å². The highest BCUT2D eigenvalue weighted by Gasteiger charge is 2.16. The number of aliphatic carboxylic acids is 1. The minimum Gasteiger partial charge on any atom is -0.478 e. The molecule has 4 rings (SSSR count). The number of carboxylic acid groups (broad SMARTS) is 1. The third kappa shape index (κ3) is 5.58. The van der Waals surface area contributed by atoms with E-state index in [0.29, 0.717) is 0 Å². The molecule has 0 spiro atoms. The summed E-state index contributed by atoms with van der Waals surface area (Å²) in [4.78, 5) is 10.9. The van der Waals surface area contributed by atoms with Crippen molar-refractivity contribution in [1.82, 2.24) is 10.2 Å². The van der Waals surface area contributed by atoms with Crippen LogP contribution in [0.4, 0.5) is 0 Å². The van der Waals surface area contributed by atoms with Crippen molar-refractivity contribution in [2.75, 3.05) is 0 Å². The molecule has 2 N–H and O–H groups in total. The number of hydrogen-bond donors (Lipinski definition) is 3. The second kappa shape index (κ2) is 10.5. The van der Waals surface area contributed by atoms with E-state index in [1.807, 2.05) is 55.5 Å². The van der Waals surface area contributed by atoms with Crippen LogP contribution >= 0.6 is 0 Å². The highest BCUT2D eigenvalue weighted by molar-refractivity contribution is 7.71. The fraction of sp³-hybridized carbons (Fsp3) is 0.143. The molecule has 35 heavy (non-hydrogen) atoms.